The molecule has 0 aliphatic heterocycles. The van der Waals surface area contributed by atoms with Gasteiger partial charge in [-0.05, 0) is 80.4 Å². The second-order valence-corrected chi connectivity index (χ2v) is 10.5. The monoisotopic (exact) mass is 545 g/mol. The Labute approximate surface area is 233 Å². The van der Waals surface area contributed by atoms with Crippen LogP contribution in [-0.4, -0.2) is 40.7 Å². The molecule has 1 aromatic heterocycles. The number of hydrogen-bond donors (Lipinski definition) is 0. The zero-order chi connectivity index (χ0) is 27.6. The van der Waals surface area contributed by atoms with Crippen LogP contribution in [0.1, 0.15) is 25.1 Å². The second kappa shape index (κ2) is 13.9. The van der Waals surface area contributed by atoms with E-state index in [1.165, 1.54) is 0 Å². The maximum Gasteiger partial charge on any atom is 0.335 e. The van der Waals surface area contributed by atoms with E-state index in [0.717, 1.165) is 38.1 Å². The van der Waals surface area contributed by atoms with Crippen molar-refractivity contribution in [2.75, 3.05) is 19.8 Å². The van der Waals surface area contributed by atoms with Crippen LogP contribution in [-0.2, 0) is 38.0 Å². The molecule has 3 aromatic carbocycles. The molecule has 0 N–H and O–H groups in total. The maximum atomic E-state index is 12.9. The van der Waals surface area contributed by atoms with Gasteiger partial charge in [-0.25, -0.2) is 9.00 Å². The molecule has 4 aromatic rings. The van der Waals surface area contributed by atoms with Gasteiger partial charge in [-0.1, -0.05) is 42.5 Å². The van der Waals surface area contributed by atoms with Gasteiger partial charge in [0.15, 0.2) is 6.10 Å². The minimum Gasteiger partial charge on any atom is -0.492 e. The van der Waals surface area contributed by atoms with Crippen molar-refractivity contribution in [3.8, 4) is 17.0 Å². The van der Waals surface area contributed by atoms with Crippen LogP contribution in [0.5, 0.6) is 5.75 Å². The standard InChI is InChI=1S/C32H35NO5S/c1-4-36-31(32(34)37-5-2)23-25-12-16-27(17-13-25)38-22-21-33-24(3)11-20-30(33)26-14-18-29(19-15-26)39(35)28-9-7-6-8-10-28/h6-20,31H,4-5,21-23H2,1-3H3. The van der Waals surface area contributed by atoms with E-state index in [-0.39, 0.29) is 5.97 Å². The highest BCUT2D eigenvalue weighted by molar-refractivity contribution is 7.85. The molecule has 2 atom stereocenters. The van der Waals surface area contributed by atoms with Gasteiger partial charge in [0.05, 0.1) is 24.0 Å². The average molecular weight is 546 g/mol. The summed E-state index contributed by atoms with van der Waals surface area (Å²) in [5.41, 5.74) is 4.27. The van der Waals surface area contributed by atoms with Crippen molar-refractivity contribution in [2.24, 2.45) is 0 Å². The number of ether oxygens (including phenoxy) is 3. The van der Waals surface area contributed by atoms with E-state index in [9.17, 15) is 9.00 Å². The molecule has 0 bridgehead atoms. The van der Waals surface area contributed by atoms with Gasteiger partial charge >= 0.3 is 5.97 Å². The molecule has 0 amide bonds. The molecule has 1 heterocycles. The fourth-order valence-corrected chi connectivity index (χ4v) is 5.44. The summed E-state index contributed by atoms with van der Waals surface area (Å²) < 4.78 is 31.8. The van der Waals surface area contributed by atoms with E-state index in [1.807, 2.05) is 85.8 Å². The lowest BCUT2D eigenvalue weighted by molar-refractivity contribution is -0.156. The van der Waals surface area contributed by atoms with E-state index >= 15 is 0 Å². The molecule has 0 radical (unpaired) electrons. The van der Waals surface area contributed by atoms with E-state index in [2.05, 4.69) is 23.6 Å². The molecule has 0 saturated carbocycles. The van der Waals surface area contributed by atoms with Crippen LogP contribution in [0.3, 0.4) is 0 Å². The van der Waals surface area contributed by atoms with Crippen LogP contribution >= 0.6 is 0 Å². The lowest BCUT2D eigenvalue weighted by atomic mass is 10.1. The Hall–Kier alpha value is -3.68. The number of carbonyl (C=O) groups excluding carboxylic acids is 1. The normalized spacial score (nSPS) is 12.6. The first-order valence-corrected chi connectivity index (χ1v) is 14.4. The third kappa shape index (κ3) is 7.46. The Morgan fingerprint density at radius 3 is 2.21 bits per heavy atom. The van der Waals surface area contributed by atoms with Crippen molar-refractivity contribution in [1.29, 1.82) is 0 Å². The van der Waals surface area contributed by atoms with Crippen LogP contribution in [0.4, 0.5) is 0 Å². The first-order valence-electron chi connectivity index (χ1n) is 13.2. The van der Waals surface area contributed by atoms with Crippen molar-refractivity contribution >= 4 is 16.8 Å². The fourth-order valence-electron chi connectivity index (χ4n) is 4.39. The van der Waals surface area contributed by atoms with Crippen LogP contribution < -0.4 is 4.74 Å². The molecule has 204 valence electrons. The summed E-state index contributed by atoms with van der Waals surface area (Å²) in [5, 5.41) is 0. The second-order valence-electron chi connectivity index (χ2n) is 9.01. The van der Waals surface area contributed by atoms with Gasteiger partial charge in [-0.15, -0.1) is 0 Å². The van der Waals surface area contributed by atoms with Gasteiger partial charge in [-0.3, -0.25) is 0 Å². The number of rotatable bonds is 13. The summed E-state index contributed by atoms with van der Waals surface area (Å²) >= 11 is 0. The Balaban J connectivity index is 1.36. The number of hydrogen-bond acceptors (Lipinski definition) is 5. The molecule has 7 heteroatoms. The molecule has 0 spiro atoms. The highest BCUT2D eigenvalue weighted by atomic mass is 32.2. The molecule has 0 saturated heterocycles. The molecular weight excluding hydrogens is 510 g/mol. The molecule has 6 nitrogen and oxygen atoms in total. The lowest BCUT2D eigenvalue weighted by Gasteiger charge is -2.16. The van der Waals surface area contributed by atoms with Crippen molar-refractivity contribution in [3.05, 3.63) is 102 Å². The van der Waals surface area contributed by atoms with E-state index < -0.39 is 16.9 Å². The quantitative estimate of drug-likeness (QED) is 0.187. The third-order valence-electron chi connectivity index (χ3n) is 6.37. The van der Waals surface area contributed by atoms with Crippen LogP contribution in [0.2, 0.25) is 0 Å². The minimum atomic E-state index is -1.20. The Kier molecular flexibility index (Phi) is 10.1. The number of nitrogens with zero attached hydrogens (tertiary/aromatic N) is 1. The summed E-state index contributed by atoms with van der Waals surface area (Å²) in [6.07, 6.45) is -0.152. The summed E-state index contributed by atoms with van der Waals surface area (Å²) in [6.45, 7) is 7.70. The summed E-state index contributed by atoms with van der Waals surface area (Å²) in [6, 6.07) is 29.3. The number of aromatic nitrogens is 1. The number of aryl methyl sites for hydroxylation is 1. The van der Waals surface area contributed by atoms with Gasteiger partial charge in [-0.2, -0.15) is 0 Å². The molecule has 2 unspecified atom stereocenters. The van der Waals surface area contributed by atoms with Crippen molar-refractivity contribution < 1.29 is 23.2 Å². The van der Waals surface area contributed by atoms with Gasteiger partial charge in [0.1, 0.15) is 12.4 Å². The first kappa shape index (κ1) is 28.3. The Morgan fingerprint density at radius 2 is 1.54 bits per heavy atom. The summed E-state index contributed by atoms with van der Waals surface area (Å²) in [5.74, 6) is 0.429. The highest BCUT2D eigenvalue weighted by Crippen LogP contribution is 2.25. The molecule has 4 rings (SSSR count). The molecule has 39 heavy (non-hydrogen) atoms. The topological polar surface area (TPSA) is 66.8 Å². The van der Waals surface area contributed by atoms with Crippen molar-refractivity contribution in [2.45, 2.75) is 49.6 Å². The van der Waals surface area contributed by atoms with Crippen molar-refractivity contribution in [1.82, 2.24) is 4.57 Å². The van der Waals surface area contributed by atoms with E-state index in [4.69, 9.17) is 14.2 Å². The number of carbonyl (C=O) groups is 1. The van der Waals surface area contributed by atoms with Gasteiger partial charge in [0.2, 0.25) is 0 Å². The van der Waals surface area contributed by atoms with Crippen LogP contribution in [0.25, 0.3) is 11.3 Å². The predicted octanol–water partition coefficient (Wildman–Crippen LogP) is 6.22. The van der Waals surface area contributed by atoms with Crippen molar-refractivity contribution in [3.63, 3.8) is 0 Å². The molecular formula is C32H35NO5S. The smallest absolute Gasteiger partial charge is 0.335 e. The first-order chi connectivity index (χ1) is 19.0. The van der Waals surface area contributed by atoms with Gasteiger partial charge < -0.3 is 18.8 Å². The zero-order valence-corrected chi connectivity index (χ0v) is 23.5. The number of benzene rings is 3. The molecule has 0 aliphatic carbocycles. The fraction of sp³-hybridized carbons (Fsp3) is 0.281. The predicted molar refractivity (Wildman–Crippen MR) is 153 cm³/mol. The summed E-state index contributed by atoms with van der Waals surface area (Å²) in [4.78, 5) is 13.7. The largest absolute Gasteiger partial charge is 0.492 e. The van der Waals surface area contributed by atoms with Gasteiger partial charge in [0.25, 0.3) is 0 Å². The maximum absolute atomic E-state index is 12.9. The van der Waals surface area contributed by atoms with E-state index in [1.54, 1.807) is 6.92 Å². The summed E-state index contributed by atoms with van der Waals surface area (Å²) in [7, 11) is -1.20. The van der Waals surface area contributed by atoms with E-state index in [0.29, 0.717) is 32.8 Å². The number of esters is 1. The lowest BCUT2D eigenvalue weighted by Crippen LogP contribution is -2.28. The van der Waals surface area contributed by atoms with Gasteiger partial charge in [0, 0.05) is 34.2 Å². The van der Waals surface area contributed by atoms with Crippen LogP contribution in [0, 0.1) is 6.92 Å². The SMILES string of the molecule is CCOC(=O)C(Cc1ccc(OCCn2c(C)ccc2-c2ccc(S(=O)c3ccccc3)cc2)cc1)OCC. The zero-order valence-electron chi connectivity index (χ0n) is 22.7. The Bertz CT molecular complexity index is 1360. The minimum absolute atomic E-state index is 0.332. The molecule has 0 aliphatic rings. The molecule has 0 fully saturated rings. The third-order valence-corrected chi connectivity index (χ3v) is 7.77. The Morgan fingerprint density at radius 1 is 0.846 bits per heavy atom. The average Bonchev–Trinajstić information content (AvgIpc) is 3.34. The highest BCUT2D eigenvalue weighted by Gasteiger charge is 2.20. The van der Waals surface area contributed by atoms with Crippen LogP contribution in [0.15, 0.2) is 101 Å².